The van der Waals surface area contributed by atoms with Gasteiger partial charge in [0.1, 0.15) is 16.8 Å². The molecular formula is C25H25FN6O2S. The number of nitrogens with one attached hydrogen (secondary N) is 1. The molecule has 1 aliphatic rings. The van der Waals surface area contributed by atoms with Crippen molar-refractivity contribution in [3.63, 3.8) is 0 Å². The Labute approximate surface area is 205 Å². The predicted octanol–water partition coefficient (Wildman–Crippen LogP) is 2.76. The van der Waals surface area contributed by atoms with Crippen molar-refractivity contribution >= 4 is 27.8 Å². The second-order valence-corrected chi connectivity index (χ2v) is 9.95. The van der Waals surface area contributed by atoms with Crippen LogP contribution in [0.1, 0.15) is 15.9 Å². The molecule has 0 radical (unpaired) electrons. The number of halogens is 1. The van der Waals surface area contributed by atoms with Gasteiger partial charge in [0.15, 0.2) is 0 Å². The number of carbonyl (C=O) groups excluding carboxylic acids is 1. The highest BCUT2D eigenvalue weighted by molar-refractivity contribution is 7.82. The summed E-state index contributed by atoms with van der Waals surface area (Å²) in [7, 11) is 0.882. The molecule has 0 spiro atoms. The molecule has 1 aliphatic heterocycles. The van der Waals surface area contributed by atoms with Crippen LogP contribution in [0.3, 0.4) is 0 Å². The number of amides is 1. The van der Waals surface area contributed by atoms with Gasteiger partial charge in [0.05, 0.1) is 34.1 Å². The molecule has 1 fully saturated rings. The molecule has 1 saturated heterocycles. The van der Waals surface area contributed by atoms with Gasteiger partial charge < -0.3 is 10.2 Å². The summed E-state index contributed by atoms with van der Waals surface area (Å²) in [6.45, 7) is 3.68. The first kappa shape index (κ1) is 23.3. The van der Waals surface area contributed by atoms with E-state index in [9.17, 15) is 13.4 Å². The van der Waals surface area contributed by atoms with Crippen LogP contribution in [0.15, 0.2) is 72.0 Å². The fraction of sp³-hybridized carbons (Fsp3) is 0.240. The van der Waals surface area contributed by atoms with Crippen LogP contribution in [0.2, 0.25) is 0 Å². The van der Waals surface area contributed by atoms with Crippen LogP contribution in [-0.4, -0.2) is 67.3 Å². The second kappa shape index (κ2) is 10.0. The predicted molar refractivity (Wildman–Crippen MR) is 132 cm³/mol. The third kappa shape index (κ3) is 5.00. The molecule has 3 heterocycles. The Morgan fingerprint density at radius 3 is 2.43 bits per heavy atom. The van der Waals surface area contributed by atoms with Gasteiger partial charge in [0, 0.05) is 44.3 Å². The number of fused-ring (bicyclic) bond motifs is 1. The molecule has 10 heteroatoms. The molecule has 1 unspecified atom stereocenters. The molecule has 0 saturated carbocycles. The highest BCUT2D eigenvalue weighted by atomic mass is 32.2. The Morgan fingerprint density at radius 2 is 1.71 bits per heavy atom. The summed E-state index contributed by atoms with van der Waals surface area (Å²) in [6.07, 6.45) is 4.75. The van der Waals surface area contributed by atoms with E-state index in [-0.39, 0.29) is 11.7 Å². The van der Waals surface area contributed by atoms with E-state index in [1.54, 1.807) is 29.2 Å². The maximum atomic E-state index is 13.3. The first-order valence-corrected chi connectivity index (χ1v) is 12.4. The normalized spacial score (nSPS) is 15.8. The van der Waals surface area contributed by atoms with E-state index in [1.807, 2.05) is 28.6 Å². The lowest BCUT2D eigenvalue weighted by molar-refractivity contribution is 0.0952. The van der Waals surface area contributed by atoms with E-state index < -0.39 is 11.0 Å². The van der Waals surface area contributed by atoms with Crippen LogP contribution in [0.4, 0.5) is 4.39 Å². The lowest BCUT2D eigenvalue weighted by Gasteiger charge is -2.31. The topological polar surface area (TPSA) is 83.4 Å². The summed E-state index contributed by atoms with van der Waals surface area (Å²) in [4.78, 5) is 20.1. The summed E-state index contributed by atoms with van der Waals surface area (Å²) in [5.41, 5.74) is 2.64. The van der Waals surface area contributed by atoms with Gasteiger partial charge in [-0.3, -0.25) is 9.78 Å². The molecule has 0 bridgehead atoms. The van der Waals surface area contributed by atoms with Crippen molar-refractivity contribution in [2.24, 2.45) is 0 Å². The fourth-order valence-corrected chi connectivity index (χ4v) is 5.18. The quantitative estimate of drug-likeness (QED) is 0.448. The number of aromatic nitrogens is 3. The van der Waals surface area contributed by atoms with Crippen LogP contribution < -0.4 is 5.32 Å². The maximum Gasteiger partial charge on any atom is 0.253 e. The van der Waals surface area contributed by atoms with Gasteiger partial charge in [-0.15, -0.1) is 0 Å². The molecule has 1 amide bonds. The SMILES string of the molecule is CN1CCN(S(=O)c2ccc(CNC(=O)c3cncc4c3cnn4-c3ccc(F)cc3)cc2)CC1. The zero-order valence-electron chi connectivity index (χ0n) is 19.2. The lowest BCUT2D eigenvalue weighted by atomic mass is 10.1. The van der Waals surface area contributed by atoms with E-state index in [0.29, 0.717) is 28.7 Å². The summed E-state index contributed by atoms with van der Waals surface area (Å²) < 4.78 is 29.7. The van der Waals surface area contributed by atoms with E-state index in [1.165, 1.54) is 18.3 Å². The van der Waals surface area contributed by atoms with Crippen LogP contribution >= 0.6 is 0 Å². The van der Waals surface area contributed by atoms with Crippen molar-refractivity contribution < 1.29 is 13.4 Å². The Morgan fingerprint density at radius 1 is 1.00 bits per heavy atom. The molecule has 2 aromatic carbocycles. The van der Waals surface area contributed by atoms with Gasteiger partial charge in [-0.1, -0.05) is 12.1 Å². The summed E-state index contributed by atoms with van der Waals surface area (Å²) >= 11 is 0. The molecular weight excluding hydrogens is 467 g/mol. The van der Waals surface area contributed by atoms with Crippen LogP contribution in [0.25, 0.3) is 16.6 Å². The van der Waals surface area contributed by atoms with E-state index in [2.05, 4.69) is 27.3 Å². The average molecular weight is 493 g/mol. The zero-order valence-corrected chi connectivity index (χ0v) is 20.0. The summed E-state index contributed by atoms with van der Waals surface area (Å²) in [6, 6.07) is 13.4. The first-order chi connectivity index (χ1) is 17.0. The minimum Gasteiger partial charge on any atom is -0.348 e. The first-order valence-electron chi connectivity index (χ1n) is 11.3. The summed E-state index contributed by atoms with van der Waals surface area (Å²) in [5.74, 6) is -0.603. The number of pyridine rings is 1. The summed E-state index contributed by atoms with van der Waals surface area (Å²) in [5, 5.41) is 7.94. The molecule has 180 valence electrons. The number of likely N-dealkylation sites (N-methyl/N-ethyl adjacent to an activating group) is 1. The van der Waals surface area contributed by atoms with Crippen LogP contribution in [0, 0.1) is 5.82 Å². The third-order valence-corrected chi connectivity index (χ3v) is 7.60. The van der Waals surface area contributed by atoms with Crippen molar-refractivity contribution in [3.05, 3.63) is 84.1 Å². The van der Waals surface area contributed by atoms with Gasteiger partial charge in [0.2, 0.25) is 0 Å². The third-order valence-electron chi connectivity index (χ3n) is 6.09. The monoisotopic (exact) mass is 492 g/mol. The number of rotatable bonds is 6. The van der Waals surface area contributed by atoms with Gasteiger partial charge >= 0.3 is 0 Å². The standard InChI is InChI=1S/C25H25FN6O2S/c1-30-10-12-31(13-11-30)35(34)21-8-2-18(3-9-21)14-28-25(33)23-15-27-17-24-22(23)16-29-32(24)20-6-4-19(26)5-7-20/h2-9,15-17H,10-14H2,1H3,(H,28,33). The minimum absolute atomic E-state index is 0.271. The van der Waals surface area contributed by atoms with Crippen molar-refractivity contribution in [2.45, 2.75) is 11.4 Å². The molecule has 1 N–H and O–H groups in total. The molecule has 0 aliphatic carbocycles. The second-order valence-electron chi connectivity index (χ2n) is 8.46. The molecule has 2 aromatic heterocycles. The Bertz CT molecular complexity index is 1370. The zero-order chi connectivity index (χ0) is 24.4. The number of piperazine rings is 1. The lowest BCUT2D eigenvalue weighted by Crippen LogP contribution is -2.45. The molecule has 5 rings (SSSR count). The van der Waals surface area contributed by atoms with E-state index in [0.717, 1.165) is 36.6 Å². The smallest absolute Gasteiger partial charge is 0.253 e. The molecule has 8 nitrogen and oxygen atoms in total. The maximum absolute atomic E-state index is 13.3. The Balaban J connectivity index is 1.26. The minimum atomic E-state index is -1.19. The average Bonchev–Trinajstić information content (AvgIpc) is 3.32. The van der Waals surface area contributed by atoms with Gasteiger partial charge in [-0.05, 0) is 49.0 Å². The fourth-order valence-electron chi connectivity index (χ4n) is 4.01. The number of carbonyl (C=O) groups is 1. The van der Waals surface area contributed by atoms with E-state index in [4.69, 9.17) is 0 Å². The highest BCUT2D eigenvalue weighted by Crippen LogP contribution is 2.21. The van der Waals surface area contributed by atoms with Crippen molar-refractivity contribution in [3.8, 4) is 5.69 Å². The van der Waals surface area contributed by atoms with Gasteiger partial charge in [-0.25, -0.2) is 17.6 Å². The highest BCUT2D eigenvalue weighted by Gasteiger charge is 2.20. The number of hydrogen-bond donors (Lipinski definition) is 1. The number of hydrogen-bond acceptors (Lipinski definition) is 5. The molecule has 35 heavy (non-hydrogen) atoms. The Kier molecular flexibility index (Phi) is 6.67. The van der Waals surface area contributed by atoms with Gasteiger partial charge in [0.25, 0.3) is 5.91 Å². The number of benzene rings is 2. The largest absolute Gasteiger partial charge is 0.348 e. The van der Waals surface area contributed by atoms with Crippen LogP contribution in [0.5, 0.6) is 0 Å². The van der Waals surface area contributed by atoms with E-state index >= 15 is 0 Å². The van der Waals surface area contributed by atoms with Gasteiger partial charge in [-0.2, -0.15) is 5.10 Å². The van der Waals surface area contributed by atoms with Crippen molar-refractivity contribution in [1.82, 2.24) is 29.3 Å². The molecule has 1 atom stereocenters. The van der Waals surface area contributed by atoms with Crippen molar-refractivity contribution in [2.75, 3.05) is 33.2 Å². The van der Waals surface area contributed by atoms with Crippen molar-refractivity contribution in [1.29, 1.82) is 0 Å². The van der Waals surface area contributed by atoms with Crippen LogP contribution in [-0.2, 0) is 17.5 Å². The number of nitrogens with zero attached hydrogens (tertiary/aromatic N) is 5. The molecule has 4 aromatic rings. The Hall–Kier alpha value is -3.47.